The molecule has 1 aromatic carbocycles. The minimum atomic E-state index is 0.228. The van der Waals surface area contributed by atoms with Crippen LogP contribution in [0.2, 0.25) is 0 Å². The Labute approximate surface area is 115 Å². The standard InChI is InChI=1S/C16H21N3/c1-5-10-19-11-13(3)17-16(19)18-14(4)15-8-6-12(2)7-9-15/h5-9,11,14H,1,10H2,2-4H3,(H,17,18). The summed E-state index contributed by atoms with van der Waals surface area (Å²) in [5.74, 6) is 0.894. The molecule has 0 radical (unpaired) electrons. The number of rotatable bonds is 5. The molecule has 0 spiro atoms. The number of aryl methyl sites for hydroxylation is 2. The van der Waals surface area contributed by atoms with Crippen LogP contribution in [0.3, 0.4) is 0 Å². The van der Waals surface area contributed by atoms with Crippen molar-refractivity contribution in [1.29, 1.82) is 0 Å². The molecule has 2 rings (SSSR count). The van der Waals surface area contributed by atoms with Crippen LogP contribution in [0.25, 0.3) is 0 Å². The minimum absolute atomic E-state index is 0.228. The van der Waals surface area contributed by atoms with E-state index in [1.807, 2.05) is 19.2 Å². The molecule has 19 heavy (non-hydrogen) atoms. The fourth-order valence-electron chi connectivity index (χ4n) is 2.07. The zero-order chi connectivity index (χ0) is 13.8. The number of imidazole rings is 1. The molecule has 1 unspecified atom stereocenters. The zero-order valence-corrected chi connectivity index (χ0v) is 11.9. The predicted octanol–water partition coefficient (Wildman–Crippen LogP) is 3.86. The predicted molar refractivity (Wildman–Crippen MR) is 80.4 cm³/mol. The molecule has 0 aliphatic rings. The van der Waals surface area contributed by atoms with E-state index in [1.54, 1.807) is 0 Å². The number of benzene rings is 1. The van der Waals surface area contributed by atoms with Gasteiger partial charge in [0.1, 0.15) is 0 Å². The summed E-state index contributed by atoms with van der Waals surface area (Å²) in [6.07, 6.45) is 3.91. The van der Waals surface area contributed by atoms with Gasteiger partial charge in [-0.1, -0.05) is 35.9 Å². The molecule has 1 aromatic heterocycles. The molecule has 1 N–H and O–H groups in total. The van der Waals surface area contributed by atoms with E-state index < -0.39 is 0 Å². The van der Waals surface area contributed by atoms with E-state index >= 15 is 0 Å². The Morgan fingerprint density at radius 3 is 2.63 bits per heavy atom. The molecule has 2 aromatic rings. The van der Waals surface area contributed by atoms with Crippen molar-refractivity contribution < 1.29 is 0 Å². The Kier molecular flexibility index (Phi) is 4.05. The van der Waals surface area contributed by atoms with Crippen LogP contribution in [0.15, 0.2) is 43.1 Å². The van der Waals surface area contributed by atoms with Gasteiger partial charge in [0.05, 0.1) is 11.7 Å². The highest BCUT2D eigenvalue weighted by molar-refractivity contribution is 5.35. The Morgan fingerprint density at radius 1 is 1.32 bits per heavy atom. The van der Waals surface area contributed by atoms with Crippen molar-refractivity contribution in [2.45, 2.75) is 33.4 Å². The normalized spacial score (nSPS) is 12.2. The van der Waals surface area contributed by atoms with E-state index in [2.05, 4.69) is 59.6 Å². The lowest BCUT2D eigenvalue weighted by molar-refractivity contribution is 0.784. The van der Waals surface area contributed by atoms with Crippen molar-refractivity contribution in [3.05, 3.63) is 59.9 Å². The second-order valence-electron chi connectivity index (χ2n) is 4.92. The maximum atomic E-state index is 4.52. The Hall–Kier alpha value is -2.03. The van der Waals surface area contributed by atoms with Gasteiger partial charge in [-0.3, -0.25) is 0 Å². The monoisotopic (exact) mass is 255 g/mol. The molecule has 0 saturated heterocycles. The first kappa shape index (κ1) is 13.4. The van der Waals surface area contributed by atoms with E-state index in [0.717, 1.165) is 18.2 Å². The van der Waals surface area contributed by atoms with Gasteiger partial charge in [0, 0.05) is 12.7 Å². The van der Waals surface area contributed by atoms with Crippen LogP contribution < -0.4 is 5.32 Å². The van der Waals surface area contributed by atoms with Gasteiger partial charge in [-0.2, -0.15) is 0 Å². The maximum Gasteiger partial charge on any atom is 0.203 e. The smallest absolute Gasteiger partial charge is 0.203 e. The van der Waals surface area contributed by atoms with Crippen LogP contribution in [-0.4, -0.2) is 9.55 Å². The fourth-order valence-corrected chi connectivity index (χ4v) is 2.07. The van der Waals surface area contributed by atoms with Crippen LogP contribution >= 0.6 is 0 Å². The van der Waals surface area contributed by atoms with Crippen molar-refractivity contribution in [3.63, 3.8) is 0 Å². The first-order chi connectivity index (χ1) is 9.10. The molecule has 0 aliphatic carbocycles. The fraction of sp³-hybridized carbons (Fsp3) is 0.312. The first-order valence-electron chi connectivity index (χ1n) is 6.58. The lowest BCUT2D eigenvalue weighted by Gasteiger charge is -2.16. The highest BCUT2D eigenvalue weighted by Crippen LogP contribution is 2.19. The molecule has 0 fully saturated rings. The Morgan fingerprint density at radius 2 is 2.00 bits per heavy atom. The zero-order valence-electron chi connectivity index (χ0n) is 11.9. The summed E-state index contributed by atoms with van der Waals surface area (Å²) in [6, 6.07) is 8.80. The molecule has 0 amide bonds. The molecular weight excluding hydrogens is 234 g/mol. The third-order valence-electron chi connectivity index (χ3n) is 3.15. The third kappa shape index (κ3) is 3.25. The van der Waals surface area contributed by atoms with Gasteiger partial charge in [-0.05, 0) is 26.3 Å². The summed E-state index contributed by atoms with van der Waals surface area (Å²) in [7, 11) is 0. The van der Waals surface area contributed by atoms with Gasteiger partial charge in [0.2, 0.25) is 5.95 Å². The highest BCUT2D eigenvalue weighted by atomic mass is 15.2. The quantitative estimate of drug-likeness (QED) is 0.822. The number of anilines is 1. The molecular formula is C16H21N3. The van der Waals surface area contributed by atoms with Gasteiger partial charge in [-0.15, -0.1) is 6.58 Å². The van der Waals surface area contributed by atoms with Crippen LogP contribution in [0, 0.1) is 13.8 Å². The number of aromatic nitrogens is 2. The topological polar surface area (TPSA) is 29.9 Å². The molecule has 1 atom stereocenters. The molecule has 0 bridgehead atoms. The van der Waals surface area contributed by atoms with E-state index in [0.29, 0.717) is 0 Å². The molecule has 1 heterocycles. The molecule has 100 valence electrons. The number of hydrogen-bond donors (Lipinski definition) is 1. The molecule has 0 saturated carbocycles. The lowest BCUT2D eigenvalue weighted by atomic mass is 10.1. The maximum absolute atomic E-state index is 4.52. The van der Waals surface area contributed by atoms with Gasteiger partial charge >= 0.3 is 0 Å². The summed E-state index contributed by atoms with van der Waals surface area (Å²) >= 11 is 0. The summed E-state index contributed by atoms with van der Waals surface area (Å²) in [6.45, 7) is 10.8. The molecule has 3 nitrogen and oxygen atoms in total. The second-order valence-corrected chi connectivity index (χ2v) is 4.92. The number of allylic oxidation sites excluding steroid dienone is 1. The highest BCUT2D eigenvalue weighted by Gasteiger charge is 2.09. The summed E-state index contributed by atoms with van der Waals surface area (Å²) < 4.78 is 2.08. The van der Waals surface area contributed by atoms with Gasteiger partial charge in [0.25, 0.3) is 0 Å². The van der Waals surface area contributed by atoms with Gasteiger partial charge in [0.15, 0.2) is 0 Å². The largest absolute Gasteiger partial charge is 0.349 e. The first-order valence-corrected chi connectivity index (χ1v) is 6.58. The van der Waals surface area contributed by atoms with Crippen molar-refractivity contribution in [2.75, 3.05) is 5.32 Å². The second kappa shape index (κ2) is 5.74. The number of hydrogen-bond acceptors (Lipinski definition) is 2. The lowest BCUT2D eigenvalue weighted by Crippen LogP contribution is -2.11. The Balaban J connectivity index is 2.16. The SMILES string of the molecule is C=CCn1cc(C)nc1NC(C)c1ccc(C)cc1. The van der Waals surface area contributed by atoms with E-state index in [9.17, 15) is 0 Å². The average Bonchev–Trinajstić information content (AvgIpc) is 2.71. The van der Waals surface area contributed by atoms with Crippen LogP contribution in [-0.2, 0) is 6.54 Å². The van der Waals surface area contributed by atoms with Crippen molar-refractivity contribution in [3.8, 4) is 0 Å². The van der Waals surface area contributed by atoms with Crippen molar-refractivity contribution >= 4 is 5.95 Å². The van der Waals surface area contributed by atoms with Gasteiger partial charge < -0.3 is 9.88 Å². The Bertz CT molecular complexity index is 552. The van der Waals surface area contributed by atoms with Crippen LogP contribution in [0.5, 0.6) is 0 Å². The number of nitrogens with zero attached hydrogens (tertiary/aromatic N) is 2. The minimum Gasteiger partial charge on any atom is -0.349 e. The summed E-state index contributed by atoms with van der Waals surface area (Å²) in [5.41, 5.74) is 3.55. The van der Waals surface area contributed by atoms with E-state index in [1.165, 1.54) is 11.1 Å². The van der Waals surface area contributed by atoms with E-state index in [4.69, 9.17) is 0 Å². The van der Waals surface area contributed by atoms with Crippen LogP contribution in [0.4, 0.5) is 5.95 Å². The molecule has 3 heteroatoms. The average molecular weight is 255 g/mol. The van der Waals surface area contributed by atoms with Gasteiger partial charge in [-0.25, -0.2) is 4.98 Å². The summed E-state index contributed by atoms with van der Waals surface area (Å²) in [5, 5.41) is 3.46. The molecule has 0 aliphatic heterocycles. The number of nitrogens with one attached hydrogen (secondary N) is 1. The van der Waals surface area contributed by atoms with Crippen LogP contribution in [0.1, 0.15) is 29.8 Å². The third-order valence-corrected chi connectivity index (χ3v) is 3.15. The summed E-state index contributed by atoms with van der Waals surface area (Å²) in [4.78, 5) is 4.52. The van der Waals surface area contributed by atoms with Crippen molar-refractivity contribution in [2.24, 2.45) is 0 Å². The van der Waals surface area contributed by atoms with Crippen molar-refractivity contribution in [1.82, 2.24) is 9.55 Å². The van der Waals surface area contributed by atoms with E-state index in [-0.39, 0.29) is 6.04 Å².